The first-order valence-corrected chi connectivity index (χ1v) is 4.84. The first-order valence-electron chi connectivity index (χ1n) is 4.84. The van der Waals surface area contributed by atoms with E-state index in [2.05, 4.69) is 9.72 Å². The number of hydrogen-bond acceptors (Lipinski definition) is 3. The lowest BCUT2D eigenvalue weighted by Gasteiger charge is -2.15. The molecule has 100 valence electrons. The maximum Gasteiger partial charge on any atom is 0.422 e. The highest BCUT2D eigenvalue weighted by Gasteiger charge is 2.28. The summed E-state index contributed by atoms with van der Waals surface area (Å²) in [7, 11) is 1.27. The molecule has 0 spiro atoms. The van der Waals surface area contributed by atoms with Gasteiger partial charge in [0.05, 0.1) is 5.69 Å². The molecule has 0 fully saturated rings. The number of carboxylic acid groups (broad SMARTS) is 1. The van der Waals surface area contributed by atoms with Gasteiger partial charge in [-0.15, -0.1) is 0 Å². The Kier molecular flexibility index (Phi) is 4.00. The average Bonchev–Trinajstić information content (AvgIpc) is 2.23. The first-order chi connectivity index (χ1) is 8.19. The van der Waals surface area contributed by atoms with Gasteiger partial charge in [0, 0.05) is 18.8 Å². The highest BCUT2D eigenvalue weighted by atomic mass is 19.4. The molecule has 5 nitrogen and oxygen atoms in total. The fourth-order valence-corrected chi connectivity index (χ4v) is 1.15. The molecule has 1 aromatic rings. The highest BCUT2D eigenvalue weighted by Crippen LogP contribution is 2.22. The summed E-state index contributed by atoms with van der Waals surface area (Å²) in [6.07, 6.45) is -5.70. The summed E-state index contributed by atoms with van der Waals surface area (Å²) < 4.78 is 40.4. The topological polar surface area (TPSA) is 62.7 Å². The molecule has 0 saturated carbocycles. The Balaban J connectivity index is 2.91. The van der Waals surface area contributed by atoms with Gasteiger partial charge in [0.15, 0.2) is 6.61 Å². The third-order valence-corrected chi connectivity index (χ3v) is 1.97. The molecular formula is C10H11F3N2O3. The second-order valence-electron chi connectivity index (χ2n) is 3.55. The number of nitrogens with zero attached hydrogens (tertiary/aromatic N) is 2. The van der Waals surface area contributed by atoms with E-state index in [1.807, 2.05) is 0 Å². The highest BCUT2D eigenvalue weighted by molar-refractivity contribution is 5.85. The van der Waals surface area contributed by atoms with Crippen LogP contribution in [-0.4, -0.2) is 36.0 Å². The van der Waals surface area contributed by atoms with Crippen LogP contribution in [-0.2, 0) is 0 Å². The van der Waals surface area contributed by atoms with Crippen LogP contribution in [0.1, 0.15) is 5.69 Å². The molecule has 0 aliphatic heterocycles. The van der Waals surface area contributed by atoms with Crippen LogP contribution in [0.4, 0.5) is 23.7 Å². The van der Waals surface area contributed by atoms with E-state index in [1.54, 1.807) is 0 Å². The summed E-state index contributed by atoms with van der Waals surface area (Å²) >= 11 is 0. The Morgan fingerprint density at radius 3 is 2.61 bits per heavy atom. The van der Waals surface area contributed by atoms with Gasteiger partial charge in [-0.2, -0.15) is 13.2 Å². The SMILES string of the molecule is Cc1cc(N(C)C(=O)O)cc(OCC(F)(F)F)n1. The molecule has 18 heavy (non-hydrogen) atoms. The van der Waals surface area contributed by atoms with Crippen LogP contribution in [0, 0.1) is 6.92 Å². The number of pyridine rings is 1. The van der Waals surface area contributed by atoms with Gasteiger partial charge in [-0.1, -0.05) is 0 Å². The predicted octanol–water partition coefficient (Wildman–Crippen LogP) is 2.45. The Morgan fingerprint density at radius 2 is 2.11 bits per heavy atom. The second kappa shape index (κ2) is 5.11. The summed E-state index contributed by atoms with van der Waals surface area (Å²) in [5, 5.41) is 8.76. The zero-order valence-electron chi connectivity index (χ0n) is 9.65. The fourth-order valence-electron chi connectivity index (χ4n) is 1.15. The number of carbonyl (C=O) groups is 1. The van der Waals surface area contributed by atoms with Gasteiger partial charge in [0.1, 0.15) is 0 Å². The number of rotatable bonds is 3. The number of anilines is 1. The third kappa shape index (κ3) is 4.11. The van der Waals surface area contributed by atoms with Crippen molar-refractivity contribution in [2.75, 3.05) is 18.6 Å². The van der Waals surface area contributed by atoms with E-state index in [4.69, 9.17) is 5.11 Å². The maximum absolute atomic E-state index is 12.0. The predicted molar refractivity (Wildman–Crippen MR) is 57.0 cm³/mol. The molecule has 1 rings (SSSR count). The van der Waals surface area contributed by atoms with E-state index in [0.717, 1.165) is 11.0 Å². The van der Waals surface area contributed by atoms with Gasteiger partial charge in [-0.05, 0) is 13.0 Å². The monoisotopic (exact) mass is 264 g/mol. The normalized spacial score (nSPS) is 11.2. The van der Waals surface area contributed by atoms with Crippen molar-refractivity contribution in [3.8, 4) is 5.88 Å². The lowest BCUT2D eigenvalue weighted by molar-refractivity contribution is -0.154. The molecule has 0 aliphatic carbocycles. The maximum atomic E-state index is 12.0. The van der Waals surface area contributed by atoms with E-state index in [9.17, 15) is 18.0 Å². The van der Waals surface area contributed by atoms with Gasteiger partial charge in [0.2, 0.25) is 5.88 Å². The van der Waals surface area contributed by atoms with Crippen molar-refractivity contribution in [3.05, 3.63) is 17.8 Å². The van der Waals surface area contributed by atoms with E-state index in [1.165, 1.54) is 20.0 Å². The molecule has 0 bridgehead atoms. The molecule has 1 aromatic heterocycles. The van der Waals surface area contributed by atoms with Crippen LogP contribution >= 0.6 is 0 Å². The molecule has 0 radical (unpaired) electrons. The minimum absolute atomic E-state index is 0.187. The average molecular weight is 264 g/mol. The van der Waals surface area contributed by atoms with Crippen LogP contribution < -0.4 is 9.64 Å². The minimum atomic E-state index is -4.47. The van der Waals surface area contributed by atoms with Crippen LogP contribution in [0.25, 0.3) is 0 Å². The summed E-state index contributed by atoms with van der Waals surface area (Å²) in [5.41, 5.74) is 0.546. The number of hydrogen-bond donors (Lipinski definition) is 1. The van der Waals surface area contributed by atoms with Gasteiger partial charge in [0.25, 0.3) is 0 Å². The zero-order valence-corrected chi connectivity index (χ0v) is 9.65. The van der Waals surface area contributed by atoms with Gasteiger partial charge in [-0.25, -0.2) is 9.78 Å². The Hall–Kier alpha value is -1.99. The number of aromatic nitrogens is 1. The quantitative estimate of drug-likeness (QED) is 0.910. The fraction of sp³-hybridized carbons (Fsp3) is 0.400. The van der Waals surface area contributed by atoms with Crippen molar-refractivity contribution >= 4 is 11.8 Å². The smallest absolute Gasteiger partial charge is 0.422 e. The van der Waals surface area contributed by atoms with Crippen LogP contribution in [0.3, 0.4) is 0 Å². The number of aryl methyl sites for hydroxylation is 1. The summed E-state index contributed by atoms with van der Waals surface area (Å²) in [5.74, 6) is -0.268. The summed E-state index contributed by atoms with van der Waals surface area (Å²) in [4.78, 5) is 15.3. The van der Waals surface area contributed by atoms with Gasteiger partial charge in [-0.3, -0.25) is 4.90 Å². The molecule has 8 heteroatoms. The molecule has 1 amide bonds. The first kappa shape index (κ1) is 14.1. The number of alkyl halides is 3. The molecule has 0 aliphatic rings. The zero-order chi connectivity index (χ0) is 13.9. The standard InChI is InChI=1S/C10H11F3N2O3/c1-6-3-7(15(2)9(16)17)4-8(14-6)18-5-10(11,12)13/h3-4H,5H2,1-2H3,(H,16,17). The molecule has 1 N–H and O–H groups in total. The van der Waals surface area contributed by atoms with Crippen LogP contribution in [0.2, 0.25) is 0 Å². The van der Waals surface area contributed by atoms with Gasteiger partial charge < -0.3 is 9.84 Å². The Morgan fingerprint density at radius 1 is 1.50 bits per heavy atom. The van der Waals surface area contributed by atoms with Crippen molar-refractivity contribution in [3.63, 3.8) is 0 Å². The summed E-state index contributed by atoms with van der Waals surface area (Å²) in [6.45, 7) is 0.0549. The Labute approximate surface area is 101 Å². The van der Waals surface area contributed by atoms with E-state index in [-0.39, 0.29) is 11.6 Å². The van der Waals surface area contributed by atoms with Crippen LogP contribution in [0.5, 0.6) is 5.88 Å². The lowest BCUT2D eigenvalue weighted by Crippen LogP contribution is -2.24. The largest absolute Gasteiger partial charge is 0.468 e. The second-order valence-corrected chi connectivity index (χ2v) is 3.55. The summed E-state index contributed by atoms with van der Waals surface area (Å²) in [6, 6.07) is 2.56. The number of halogens is 3. The van der Waals surface area contributed by atoms with Crippen LogP contribution in [0.15, 0.2) is 12.1 Å². The lowest BCUT2D eigenvalue weighted by atomic mass is 10.3. The van der Waals surface area contributed by atoms with Crippen molar-refractivity contribution in [1.29, 1.82) is 0 Å². The van der Waals surface area contributed by atoms with E-state index < -0.39 is 18.9 Å². The van der Waals surface area contributed by atoms with E-state index in [0.29, 0.717) is 5.69 Å². The van der Waals surface area contributed by atoms with Gasteiger partial charge >= 0.3 is 12.3 Å². The Bertz CT molecular complexity index is 448. The molecule has 1 heterocycles. The molecular weight excluding hydrogens is 253 g/mol. The van der Waals surface area contributed by atoms with E-state index >= 15 is 0 Å². The van der Waals surface area contributed by atoms with Crippen molar-refractivity contribution in [1.82, 2.24) is 4.98 Å². The molecule has 0 saturated heterocycles. The molecule has 0 unspecified atom stereocenters. The minimum Gasteiger partial charge on any atom is -0.468 e. The molecule has 0 aromatic carbocycles. The van der Waals surface area contributed by atoms with Crippen molar-refractivity contribution in [2.45, 2.75) is 13.1 Å². The number of amides is 1. The third-order valence-electron chi connectivity index (χ3n) is 1.97. The van der Waals surface area contributed by atoms with Crippen molar-refractivity contribution < 1.29 is 27.8 Å². The van der Waals surface area contributed by atoms with Crippen molar-refractivity contribution in [2.24, 2.45) is 0 Å². The number of ether oxygens (including phenoxy) is 1. The molecule has 0 atom stereocenters.